The Morgan fingerprint density at radius 2 is 2.06 bits per heavy atom. The van der Waals surface area contributed by atoms with Gasteiger partial charge in [-0.3, -0.25) is 0 Å². The number of anilines is 1. The number of ether oxygens (including phenoxy) is 1. The quantitative estimate of drug-likeness (QED) is 0.776. The minimum atomic E-state index is -3.57. The highest BCUT2D eigenvalue weighted by atomic mass is 32.2. The Bertz CT molecular complexity index is 533. The molecule has 4 N–H and O–H groups in total. The van der Waals surface area contributed by atoms with Crippen molar-refractivity contribution in [1.82, 2.24) is 0 Å². The molecule has 6 nitrogen and oxygen atoms in total. The first-order valence-corrected chi connectivity index (χ1v) is 7.30. The minimum absolute atomic E-state index is 0.0283. The number of thiophene rings is 1. The van der Waals surface area contributed by atoms with Crippen molar-refractivity contribution in [2.75, 3.05) is 18.2 Å². The number of rotatable bonds is 4. The van der Waals surface area contributed by atoms with E-state index in [4.69, 9.17) is 16.2 Å². The van der Waals surface area contributed by atoms with Crippen molar-refractivity contribution in [3.05, 3.63) is 11.1 Å². The van der Waals surface area contributed by atoms with Gasteiger partial charge in [-0.15, -0.1) is 11.3 Å². The Morgan fingerprint density at radius 1 is 1.47 bits per heavy atom. The van der Waals surface area contributed by atoms with Gasteiger partial charge in [0.15, 0.2) is 0 Å². The van der Waals surface area contributed by atoms with E-state index in [9.17, 15) is 13.2 Å². The summed E-state index contributed by atoms with van der Waals surface area (Å²) in [7, 11) is -3.57. The van der Waals surface area contributed by atoms with Gasteiger partial charge in [0.05, 0.1) is 12.2 Å². The number of nitrogen functional groups attached to an aromatic ring is 1. The van der Waals surface area contributed by atoms with Crippen LogP contribution in [0.5, 0.6) is 0 Å². The van der Waals surface area contributed by atoms with Crippen molar-refractivity contribution >= 4 is 32.1 Å². The molecule has 1 heterocycles. The molecule has 0 bridgehead atoms. The van der Waals surface area contributed by atoms with E-state index < -0.39 is 21.7 Å². The van der Waals surface area contributed by atoms with E-state index in [-0.39, 0.29) is 21.4 Å². The Balaban J connectivity index is 3.34. The Labute approximate surface area is 103 Å². The van der Waals surface area contributed by atoms with Crippen LogP contribution in [0.4, 0.5) is 5.00 Å². The SMILES string of the molecule is CCOC(=O)c1c(N)sc(S(=O)(=O)CN)c1C. The first kappa shape index (κ1) is 13.9. The van der Waals surface area contributed by atoms with Crippen LogP contribution in [0.25, 0.3) is 0 Å². The lowest BCUT2D eigenvalue weighted by molar-refractivity contribution is 0.0527. The van der Waals surface area contributed by atoms with Crippen molar-refractivity contribution in [2.24, 2.45) is 5.73 Å². The zero-order valence-corrected chi connectivity index (χ0v) is 11.2. The van der Waals surface area contributed by atoms with Crippen LogP contribution in [0, 0.1) is 6.92 Å². The van der Waals surface area contributed by atoms with E-state index in [2.05, 4.69) is 0 Å². The first-order chi connectivity index (χ1) is 7.85. The summed E-state index contributed by atoms with van der Waals surface area (Å²) in [6, 6.07) is 0. The van der Waals surface area contributed by atoms with Gasteiger partial charge in [0, 0.05) is 0 Å². The molecule has 0 amide bonds. The molecule has 0 saturated carbocycles. The molecule has 0 aliphatic carbocycles. The fourth-order valence-corrected chi connectivity index (χ4v) is 3.84. The highest BCUT2D eigenvalue weighted by molar-refractivity contribution is 7.93. The lowest BCUT2D eigenvalue weighted by Crippen LogP contribution is -2.14. The van der Waals surface area contributed by atoms with Crippen molar-refractivity contribution in [3.8, 4) is 0 Å². The minimum Gasteiger partial charge on any atom is -0.462 e. The van der Waals surface area contributed by atoms with Crippen molar-refractivity contribution in [3.63, 3.8) is 0 Å². The van der Waals surface area contributed by atoms with E-state index in [1.54, 1.807) is 6.92 Å². The van der Waals surface area contributed by atoms with Crippen LogP contribution in [0.2, 0.25) is 0 Å². The molecule has 1 aromatic rings. The number of carbonyl (C=O) groups excluding carboxylic acids is 1. The van der Waals surface area contributed by atoms with Crippen LogP contribution in [-0.2, 0) is 14.6 Å². The summed E-state index contributed by atoms with van der Waals surface area (Å²) < 4.78 is 28.1. The summed E-state index contributed by atoms with van der Waals surface area (Å²) in [6.07, 6.45) is 0. The van der Waals surface area contributed by atoms with E-state index >= 15 is 0 Å². The number of sulfone groups is 1. The lowest BCUT2D eigenvalue weighted by Gasteiger charge is -2.02. The van der Waals surface area contributed by atoms with Crippen LogP contribution in [0.15, 0.2) is 4.21 Å². The first-order valence-electron chi connectivity index (χ1n) is 4.84. The second-order valence-electron chi connectivity index (χ2n) is 3.26. The van der Waals surface area contributed by atoms with Gasteiger partial charge < -0.3 is 16.2 Å². The van der Waals surface area contributed by atoms with Crippen molar-refractivity contribution in [1.29, 1.82) is 0 Å². The molecule has 0 aromatic carbocycles. The average Bonchev–Trinajstić information content (AvgIpc) is 2.55. The molecular weight excluding hydrogens is 264 g/mol. The van der Waals surface area contributed by atoms with Gasteiger partial charge in [-0.2, -0.15) is 0 Å². The smallest absolute Gasteiger partial charge is 0.341 e. The van der Waals surface area contributed by atoms with Crippen molar-refractivity contribution in [2.45, 2.75) is 18.1 Å². The number of esters is 1. The fraction of sp³-hybridized carbons (Fsp3) is 0.444. The normalized spacial score (nSPS) is 11.5. The Morgan fingerprint density at radius 3 is 2.53 bits per heavy atom. The van der Waals surface area contributed by atoms with E-state index in [0.29, 0.717) is 5.56 Å². The van der Waals surface area contributed by atoms with Crippen LogP contribution < -0.4 is 11.5 Å². The molecule has 0 unspecified atom stereocenters. The topological polar surface area (TPSA) is 112 Å². The second-order valence-corrected chi connectivity index (χ2v) is 6.54. The maximum absolute atomic E-state index is 11.6. The number of nitrogens with two attached hydrogens (primary N) is 2. The molecule has 0 aliphatic rings. The predicted octanol–water partition coefficient (Wildman–Crippen LogP) is 0.505. The second kappa shape index (κ2) is 5.03. The molecule has 1 rings (SSSR count). The molecule has 0 radical (unpaired) electrons. The molecule has 0 atom stereocenters. The monoisotopic (exact) mass is 278 g/mol. The molecule has 0 saturated heterocycles. The highest BCUT2D eigenvalue weighted by Gasteiger charge is 2.26. The van der Waals surface area contributed by atoms with Gasteiger partial charge >= 0.3 is 5.97 Å². The third-order valence-electron chi connectivity index (χ3n) is 2.11. The standard InChI is InChI=1S/C9H14N2O4S2/c1-3-15-8(12)6-5(2)9(16-7(6)11)17(13,14)4-10/h3-4,10-11H2,1-2H3. The third kappa shape index (κ3) is 2.59. The van der Waals surface area contributed by atoms with Gasteiger partial charge in [-0.1, -0.05) is 0 Å². The van der Waals surface area contributed by atoms with Crippen LogP contribution in [0.1, 0.15) is 22.8 Å². The largest absolute Gasteiger partial charge is 0.462 e. The summed E-state index contributed by atoms with van der Waals surface area (Å²) >= 11 is 0.836. The summed E-state index contributed by atoms with van der Waals surface area (Å²) in [6.45, 7) is 3.38. The van der Waals surface area contributed by atoms with E-state index in [1.807, 2.05) is 0 Å². The summed E-state index contributed by atoms with van der Waals surface area (Å²) in [5, 5.41) is 0.132. The number of hydrogen-bond acceptors (Lipinski definition) is 7. The van der Waals surface area contributed by atoms with Gasteiger partial charge in [0.1, 0.15) is 15.1 Å². The predicted molar refractivity (Wildman–Crippen MR) is 65.7 cm³/mol. The fourth-order valence-electron chi connectivity index (χ4n) is 1.34. The zero-order valence-electron chi connectivity index (χ0n) is 9.52. The van der Waals surface area contributed by atoms with E-state index in [0.717, 1.165) is 11.3 Å². The van der Waals surface area contributed by atoms with Gasteiger partial charge in [-0.25, -0.2) is 13.2 Å². The maximum atomic E-state index is 11.6. The lowest BCUT2D eigenvalue weighted by atomic mass is 10.2. The molecule has 0 fully saturated rings. The molecule has 96 valence electrons. The van der Waals surface area contributed by atoms with Crippen LogP contribution >= 0.6 is 11.3 Å². The summed E-state index contributed by atoms with van der Waals surface area (Å²) in [5.74, 6) is -1.13. The van der Waals surface area contributed by atoms with Crippen LogP contribution in [0.3, 0.4) is 0 Å². The van der Waals surface area contributed by atoms with Crippen LogP contribution in [-0.4, -0.2) is 26.9 Å². The maximum Gasteiger partial charge on any atom is 0.341 e. The molecule has 8 heteroatoms. The average molecular weight is 278 g/mol. The Kier molecular flexibility index (Phi) is 4.12. The molecule has 0 spiro atoms. The molecular formula is C9H14N2O4S2. The van der Waals surface area contributed by atoms with E-state index in [1.165, 1.54) is 6.92 Å². The van der Waals surface area contributed by atoms with Gasteiger partial charge in [0.25, 0.3) is 0 Å². The number of hydrogen-bond donors (Lipinski definition) is 2. The Hall–Kier alpha value is -1.12. The number of carbonyl (C=O) groups is 1. The zero-order chi connectivity index (χ0) is 13.2. The molecule has 0 aliphatic heterocycles. The van der Waals surface area contributed by atoms with Gasteiger partial charge in [0.2, 0.25) is 9.84 Å². The summed E-state index contributed by atoms with van der Waals surface area (Å²) in [4.78, 5) is 11.6. The van der Waals surface area contributed by atoms with Gasteiger partial charge in [-0.05, 0) is 19.4 Å². The highest BCUT2D eigenvalue weighted by Crippen LogP contribution is 2.34. The van der Waals surface area contributed by atoms with Crippen molar-refractivity contribution < 1.29 is 17.9 Å². The molecule has 1 aromatic heterocycles. The molecule has 17 heavy (non-hydrogen) atoms. The summed E-state index contributed by atoms with van der Waals surface area (Å²) in [5.41, 5.74) is 11.2. The third-order valence-corrected chi connectivity index (χ3v) is 5.35.